The van der Waals surface area contributed by atoms with Crippen molar-refractivity contribution in [2.24, 2.45) is 5.10 Å². The number of hydrogen-bond acceptors (Lipinski definition) is 6. The maximum Gasteiger partial charge on any atom is 0.343 e. The first kappa shape index (κ1) is 17.1. The summed E-state index contributed by atoms with van der Waals surface area (Å²) in [4.78, 5) is 26.0. The summed E-state index contributed by atoms with van der Waals surface area (Å²) < 4.78 is 6.54. The topological polar surface area (TPSA) is 112 Å². The van der Waals surface area contributed by atoms with Crippen molar-refractivity contribution in [3.8, 4) is 5.75 Å². The van der Waals surface area contributed by atoms with Gasteiger partial charge in [-0.1, -0.05) is 0 Å². The molecule has 126 valence electrons. The number of nitrogens with zero attached hydrogens (tertiary/aromatic N) is 4. The number of imidazole rings is 1. The van der Waals surface area contributed by atoms with Crippen molar-refractivity contribution >= 4 is 17.9 Å². The zero-order valence-corrected chi connectivity index (χ0v) is 13.3. The average Bonchev–Trinajstić information content (AvgIpc) is 2.90. The van der Waals surface area contributed by atoms with Crippen LogP contribution in [-0.2, 0) is 11.3 Å². The van der Waals surface area contributed by atoms with E-state index < -0.39 is 10.8 Å². The Hall–Kier alpha value is -3.23. The number of aryl methyl sites for hydroxylation is 1. The van der Waals surface area contributed by atoms with Crippen LogP contribution < -0.4 is 10.2 Å². The first-order chi connectivity index (χ1) is 11.5. The number of amides is 1. The van der Waals surface area contributed by atoms with Gasteiger partial charge in [-0.3, -0.25) is 4.79 Å². The molecule has 1 aromatic carbocycles. The van der Waals surface area contributed by atoms with Gasteiger partial charge in [-0.15, -0.1) is 0 Å². The molecule has 0 bridgehead atoms. The van der Waals surface area contributed by atoms with Gasteiger partial charge in [0.05, 0.1) is 12.8 Å². The highest BCUT2D eigenvalue weighted by atomic mass is 16.6. The molecule has 0 aliphatic rings. The van der Waals surface area contributed by atoms with Crippen molar-refractivity contribution in [1.82, 2.24) is 15.0 Å². The number of nitrogens with one attached hydrogen (secondary N) is 1. The van der Waals surface area contributed by atoms with E-state index in [0.717, 1.165) is 17.5 Å². The van der Waals surface area contributed by atoms with Crippen LogP contribution in [0.5, 0.6) is 5.75 Å². The smallest absolute Gasteiger partial charge is 0.343 e. The quantitative estimate of drug-likeness (QED) is 0.471. The Morgan fingerprint density at radius 3 is 2.79 bits per heavy atom. The van der Waals surface area contributed by atoms with Crippen LogP contribution >= 0.6 is 0 Å². The van der Waals surface area contributed by atoms with Gasteiger partial charge in [0.1, 0.15) is 11.9 Å². The van der Waals surface area contributed by atoms with Gasteiger partial charge in [0.2, 0.25) is 0 Å². The highest BCUT2D eigenvalue weighted by Crippen LogP contribution is 2.13. The summed E-state index contributed by atoms with van der Waals surface area (Å²) >= 11 is 0. The van der Waals surface area contributed by atoms with Crippen LogP contribution in [0.1, 0.15) is 18.3 Å². The number of ether oxygens (including phenoxy) is 1. The third-order valence-corrected chi connectivity index (χ3v) is 3.12. The van der Waals surface area contributed by atoms with Crippen molar-refractivity contribution in [1.29, 1.82) is 0 Å². The van der Waals surface area contributed by atoms with Crippen LogP contribution in [0.25, 0.3) is 0 Å². The van der Waals surface area contributed by atoms with E-state index >= 15 is 0 Å². The van der Waals surface area contributed by atoms with E-state index in [1.54, 1.807) is 31.2 Å². The molecule has 0 saturated heterocycles. The molecule has 0 unspecified atom stereocenters. The molecule has 24 heavy (non-hydrogen) atoms. The van der Waals surface area contributed by atoms with Crippen molar-refractivity contribution in [2.45, 2.75) is 20.4 Å². The predicted octanol–water partition coefficient (Wildman–Crippen LogP) is 1.65. The lowest BCUT2D eigenvalue weighted by atomic mass is 10.2. The summed E-state index contributed by atoms with van der Waals surface area (Å²) in [6, 6.07) is 7.19. The molecule has 2 rings (SSSR count). The lowest BCUT2D eigenvalue weighted by Gasteiger charge is -2.03. The summed E-state index contributed by atoms with van der Waals surface area (Å²) in [5.74, 6) is 0.411. The van der Waals surface area contributed by atoms with E-state index in [-0.39, 0.29) is 12.4 Å². The van der Waals surface area contributed by atoms with E-state index in [4.69, 9.17) is 4.74 Å². The van der Waals surface area contributed by atoms with Crippen molar-refractivity contribution in [3.63, 3.8) is 0 Å². The predicted molar refractivity (Wildman–Crippen MR) is 87.0 cm³/mol. The molecule has 0 saturated carbocycles. The molecular weight excluding hydrogens is 314 g/mol. The largest absolute Gasteiger partial charge is 0.494 e. The average molecular weight is 331 g/mol. The zero-order chi connectivity index (χ0) is 17.5. The van der Waals surface area contributed by atoms with Gasteiger partial charge < -0.3 is 14.9 Å². The molecule has 2 aromatic rings. The summed E-state index contributed by atoms with van der Waals surface area (Å²) in [7, 11) is 0. The number of aromatic nitrogens is 2. The summed E-state index contributed by atoms with van der Waals surface area (Å²) in [6.07, 6.45) is 2.59. The van der Waals surface area contributed by atoms with Gasteiger partial charge in [0.25, 0.3) is 5.91 Å². The molecule has 1 aromatic heterocycles. The number of hydrazone groups is 1. The van der Waals surface area contributed by atoms with Gasteiger partial charge in [0, 0.05) is 6.92 Å². The Morgan fingerprint density at radius 1 is 1.46 bits per heavy atom. The van der Waals surface area contributed by atoms with E-state index in [9.17, 15) is 14.9 Å². The van der Waals surface area contributed by atoms with Crippen LogP contribution in [0.2, 0.25) is 0 Å². The van der Waals surface area contributed by atoms with E-state index in [2.05, 4.69) is 15.5 Å². The summed E-state index contributed by atoms with van der Waals surface area (Å²) in [5, 5.41) is 14.7. The van der Waals surface area contributed by atoms with Gasteiger partial charge in [-0.05, 0) is 41.7 Å². The Balaban J connectivity index is 1.93. The Labute approximate surface area is 138 Å². The minimum atomic E-state index is -0.587. The second kappa shape index (κ2) is 7.86. The summed E-state index contributed by atoms with van der Waals surface area (Å²) in [6.45, 7) is 3.84. The minimum absolute atomic E-state index is 0.233. The molecule has 0 fully saturated rings. The molecule has 0 aliphatic carbocycles. The second-order valence-corrected chi connectivity index (χ2v) is 4.80. The Bertz CT molecular complexity index is 752. The lowest BCUT2D eigenvalue weighted by molar-refractivity contribution is -0.392. The normalized spacial score (nSPS) is 10.8. The zero-order valence-electron chi connectivity index (χ0n) is 13.3. The van der Waals surface area contributed by atoms with Gasteiger partial charge >= 0.3 is 5.82 Å². The molecule has 1 N–H and O–H groups in total. The second-order valence-electron chi connectivity index (χ2n) is 4.80. The van der Waals surface area contributed by atoms with E-state index in [1.165, 1.54) is 10.8 Å². The van der Waals surface area contributed by atoms with Crippen LogP contribution in [0.3, 0.4) is 0 Å². The highest BCUT2D eigenvalue weighted by molar-refractivity contribution is 5.82. The van der Waals surface area contributed by atoms with Crippen LogP contribution in [0.4, 0.5) is 5.82 Å². The Kier molecular flexibility index (Phi) is 5.61. The maximum absolute atomic E-state index is 11.9. The molecule has 1 amide bonds. The van der Waals surface area contributed by atoms with E-state index in [0.29, 0.717) is 12.4 Å². The third kappa shape index (κ3) is 4.38. The number of benzene rings is 1. The standard InChI is InChI=1S/C15H17N5O4/c1-3-24-13-6-4-12(5-7-13)8-17-18-14(21)10-19-11(2)16-9-15(19)20(22)23/h4-9H,3,10H2,1-2H3,(H,18,21)/b17-8+. The first-order valence-electron chi connectivity index (χ1n) is 7.22. The molecule has 0 spiro atoms. The molecule has 0 aliphatic heterocycles. The van der Waals surface area contributed by atoms with Crippen molar-refractivity contribution < 1.29 is 14.5 Å². The number of hydrogen-bond donors (Lipinski definition) is 1. The van der Waals surface area contributed by atoms with Crippen LogP contribution in [0.15, 0.2) is 35.6 Å². The van der Waals surface area contributed by atoms with Crippen molar-refractivity contribution in [3.05, 3.63) is 52.0 Å². The SMILES string of the molecule is CCOc1ccc(/C=N/NC(=O)Cn2c([N+](=O)[O-])cnc2C)cc1. The highest BCUT2D eigenvalue weighted by Gasteiger charge is 2.19. The van der Waals surface area contributed by atoms with Gasteiger partial charge in [-0.2, -0.15) is 5.10 Å². The number of carbonyl (C=O) groups is 1. The fourth-order valence-corrected chi connectivity index (χ4v) is 1.97. The molecule has 0 atom stereocenters. The number of carbonyl (C=O) groups excluding carboxylic acids is 1. The molecule has 1 heterocycles. The first-order valence-corrected chi connectivity index (χ1v) is 7.22. The maximum atomic E-state index is 11.9. The van der Waals surface area contributed by atoms with Crippen LogP contribution in [0, 0.1) is 17.0 Å². The fourth-order valence-electron chi connectivity index (χ4n) is 1.97. The summed E-state index contributed by atoms with van der Waals surface area (Å²) in [5.41, 5.74) is 3.11. The number of nitro groups is 1. The minimum Gasteiger partial charge on any atom is -0.494 e. The third-order valence-electron chi connectivity index (χ3n) is 3.12. The van der Waals surface area contributed by atoms with Gasteiger partial charge in [-0.25, -0.2) is 15.0 Å². The number of rotatable bonds is 7. The molecule has 9 nitrogen and oxygen atoms in total. The monoisotopic (exact) mass is 331 g/mol. The fraction of sp³-hybridized carbons (Fsp3) is 0.267. The lowest BCUT2D eigenvalue weighted by Crippen LogP contribution is -2.24. The molecular formula is C15H17N5O4. The molecule has 9 heteroatoms. The van der Waals surface area contributed by atoms with E-state index in [1.807, 2.05) is 6.92 Å². The Morgan fingerprint density at radius 2 is 2.17 bits per heavy atom. The van der Waals surface area contributed by atoms with Crippen molar-refractivity contribution in [2.75, 3.05) is 6.61 Å². The van der Waals surface area contributed by atoms with Crippen LogP contribution in [-0.4, -0.2) is 33.2 Å². The molecule has 0 radical (unpaired) electrons. The van der Waals surface area contributed by atoms with Gasteiger partial charge in [0.15, 0.2) is 12.4 Å².